The highest BCUT2D eigenvalue weighted by molar-refractivity contribution is 6.36. The zero-order valence-electron chi connectivity index (χ0n) is 13.6. The highest BCUT2D eigenvalue weighted by atomic mass is 35.5. The van der Waals surface area contributed by atoms with Gasteiger partial charge in [-0.2, -0.15) is 0 Å². The SMILES string of the molecule is Cc1oc(C)c(C(=O)O[C@H](C)C(=O)Nc2ncc(Cl)cc2Cl)c1C. The van der Waals surface area contributed by atoms with E-state index in [9.17, 15) is 9.59 Å². The first-order valence-electron chi connectivity index (χ1n) is 7.10. The number of pyridine rings is 1. The van der Waals surface area contributed by atoms with Crippen molar-refractivity contribution in [3.05, 3.63) is 45.0 Å². The fourth-order valence-electron chi connectivity index (χ4n) is 2.09. The number of furan rings is 1. The summed E-state index contributed by atoms with van der Waals surface area (Å²) in [6, 6.07) is 1.45. The lowest BCUT2D eigenvalue weighted by Crippen LogP contribution is -2.30. The third-order valence-corrected chi connectivity index (χ3v) is 3.96. The fourth-order valence-corrected chi connectivity index (χ4v) is 2.52. The molecule has 2 aromatic heterocycles. The van der Waals surface area contributed by atoms with E-state index in [4.69, 9.17) is 32.4 Å². The lowest BCUT2D eigenvalue weighted by molar-refractivity contribution is -0.123. The number of aryl methyl sites for hydroxylation is 2. The van der Waals surface area contributed by atoms with Crippen LogP contribution in [-0.4, -0.2) is 23.0 Å². The summed E-state index contributed by atoms with van der Waals surface area (Å²) in [7, 11) is 0. The first kappa shape index (κ1) is 18.3. The van der Waals surface area contributed by atoms with Crippen LogP contribution in [0.2, 0.25) is 10.0 Å². The summed E-state index contributed by atoms with van der Waals surface area (Å²) in [6.45, 7) is 6.63. The van der Waals surface area contributed by atoms with Crippen LogP contribution in [0.4, 0.5) is 5.82 Å². The zero-order chi connectivity index (χ0) is 18.0. The number of carbonyl (C=O) groups is 2. The van der Waals surface area contributed by atoms with E-state index < -0.39 is 18.0 Å². The van der Waals surface area contributed by atoms with Gasteiger partial charge in [-0.1, -0.05) is 23.2 Å². The molecule has 1 N–H and O–H groups in total. The van der Waals surface area contributed by atoms with Crippen LogP contribution in [0.15, 0.2) is 16.7 Å². The smallest absolute Gasteiger partial charge is 0.342 e. The summed E-state index contributed by atoms with van der Waals surface area (Å²) in [5.41, 5.74) is 1.02. The van der Waals surface area contributed by atoms with Crippen molar-refractivity contribution in [1.82, 2.24) is 4.98 Å². The van der Waals surface area contributed by atoms with Gasteiger partial charge in [0.25, 0.3) is 5.91 Å². The Morgan fingerprint density at radius 1 is 1.25 bits per heavy atom. The van der Waals surface area contributed by atoms with Crippen LogP contribution in [0.5, 0.6) is 0 Å². The van der Waals surface area contributed by atoms with Gasteiger partial charge in [-0.05, 0) is 33.8 Å². The second-order valence-electron chi connectivity index (χ2n) is 5.24. The van der Waals surface area contributed by atoms with Gasteiger partial charge in [-0.15, -0.1) is 0 Å². The number of esters is 1. The topological polar surface area (TPSA) is 81.4 Å². The molecule has 0 aliphatic carbocycles. The van der Waals surface area contributed by atoms with Gasteiger partial charge in [-0.25, -0.2) is 9.78 Å². The molecule has 0 unspecified atom stereocenters. The summed E-state index contributed by atoms with van der Waals surface area (Å²) in [6.07, 6.45) is 0.306. The Morgan fingerprint density at radius 3 is 2.46 bits per heavy atom. The molecule has 2 rings (SSSR count). The van der Waals surface area contributed by atoms with Gasteiger partial charge in [0.15, 0.2) is 11.9 Å². The summed E-state index contributed by atoms with van der Waals surface area (Å²) in [4.78, 5) is 28.3. The minimum atomic E-state index is -1.04. The Labute approximate surface area is 149 Å². The standard InChI is InChI=1S/C16H16Cl2N2O4/c1-7-8(2)23-9(3)13(7)16(22)24-10(4)15(21)20-14-12(18)5-11(17)6-19-14/h5-6,10H,1-4H3,(H,19,20,21)/t10-/m1/s1. The lowest BCUT2D eigenvalue weighted by atomic mass is 10.1. The van der Waals surface area contributed by atoms with Crippen molar-refractivity contribution in [3.8, 4) is 0 Å². The molecule has 0 fully saturated rings. The molecule has 6 nitrogen and oxygen atoms in total. The molecule has 8 heteroatoms. The van der Waals surface area contributed by atoms with E-state index in [1.807, 2.05) is 0 Å². The molecule has 0 bridgehead atoms. The number of hydrogen-bond donors (Lipinski definition) is 1. The number of ether oxygens (including phenoxy) is 1. The molecule has 0 spiro atoms. The Bertz CT molecular complexity index is 802. The van der Waals surface area contributed by atoms with E-state index >= 15 is 0 Å². The largest absolute Gasteiger partial charge is 0.465 e. The van der Waals surface area contributed by atoms with E-state index in [0.717, 1.165) is 0 Å². The average molecular weight is 371 g/mol. The van der Waals surface area contributed by atoms with Crippen LogP contribution in [0.1, 0.15) is 34.4 Å². The van der Waals surface area contributed by atoms with E-state index in [-0.39, 0.29) is 10.8 Å². The maximum Gasteiger partial charge on any atom is 0.342 e. The summed E-state index contributed by atoms with van der Waals surface area (Å²) < 4.78 is 10.6. The Morgan fingerprint density at radius 2 is 1.92 bits per heavy atom. The summed E-state index contributed by atoms with van der Waals surface area (Å²) in [5, 5.41) is 3.02. The van der Waals surface area contributed by atoms with Crippen LogP contribution in [0.25, 0.3) is 0 Å². The van der Waals surface area contributed by atoms with E-state index in [1.165, 1.54) is 19.2 Å². The minimum Gasteiger partial charge on any atom is -0.465 e. The molecular formula is C16H16Cl2N2O4. The van der Waals surface area contributed by atoms with Gasteiger partial charge in [0.05, 0.1) is 10.0 Å². The number of hydrogen-bond acceptors (Lipinski definition) is 5. The number of nitrogens with zero attached hydrogens (tertiary/aromatic N) is 1. The molecule has 0 saturated carbocycles. The number of rotatable bonds is 4. The van der Waals surface area contributed by atoms with E-state index in [0.29, 0.717) is 27.7 Å². The Kier molecular flexibility index (Phi) is 5.51. The first-order chi connectivity index (χ1) is 11.2. The molecule has 2 aromatic rings. The maximum atomic E-state index is 12.3. The lowest BCUT2D eigenvalue weighted by Gasteiger charge is -2.14. The van der Waals surface area contributed by atoms with Crippen molar-refractivity contribution in [2.24, 2.45) is 0 Å². The van der Waals surface area contributed by atoms with Crippen molar-refractivity contribution in [1.29, 1.82) is 0 Å². The van der Waals surface area contributed by atoms with Gasteiger partial charge in [0.2, 0.25) is 0 Å². The molecule has 2 heterocycles. The normalized spacial score (nSPS) is 11.9. The molecule has 0 radical (unpaired) electrons. The van der Waals surface area contributed by atoms with Crippen molar-refractivity contribution < 1.29 is 18.7 Å². The predicted octanol–water partition coefficient (Wildman–Crippen LogP) is 4.09. The number of anilines is 1. The first-order valence-corrected chi connectivity index (χ1v) is 7.85. The molecule has 0 aliphatic heterocycles. The third kappa shape index (κ3) is 3.88. The highest BCUT2D eigenvalue weighted by Crippen LogP contribution is 2.24. The number of amides is 1. The molecule has 1 amide bonds. The van der Waals surface area contributed by atoms with E-state index in [2.05, 4.69) is 10.3 Å². The van der Waals surface area contributed by atoms with Gasteiger partial charge < -0.3 is 14.5 Å². The van der Waals surface area contributed by atoms with Crippen molar-refractivity contribution in [2.45, 2.75) is 33.8 Å². The third-order valence-electron chi connectivity index (χ3n) is 3.47. The van der Waals surface area contributed by atoms with Crippen molar-refractivity contribution in [3.63, 3.8) is 0 Å². The molecule has 1 atom stereocenters. The van der Waals surface area contributed by atoms with Crippen LogP contribution in [0, 0.1) is 20.8 Å². The van der Waals surface area contributed by atoms with Gasteiger partial charge >= 0.3 is 5.97 Å². The van der Waals surface area contributed by atoms with Crippen LogP contribution < -0.4 is 5.32 Å². The molecule has 0 aliphatic rings. The quantitative estimate of drug-likeness (QED) is 0.819. The molecular weight excluding hydrogens is 355 g/mol. The van der Waals surface area contributed by atoms with Gasteiger partial charge in [0, 0.05) is 11.8 Å². The minimum absolute atomic E-state index is 0.139. The summed E-state index contributed by atoms with van der Waals surface area (Å²) >= 11 is 11.7. The highest BCUT2D eigenvalue weighted by Gasteiger charge is 2.25. The summed E-state index contributed by atoms with van der Waals surface area (Å²) in [5.74, 6) is 0.0365. The van der Waals surface area contributed by atoms with Crippen molar-refractivity contribution in [2.75, 3.05) is 5.32 Å². The number of nitrogens with one attached hydrogen (secondary N) is 1. The second kappa shape index (κ2) is 7.23. The van der Waals surface area contributed by atoms with Gasteiger partial charge in [0.1, 0.15) is 17.1 Å². The average Bonchev–Trinajstić information content (AvgIpc) is 2.74. The predicted molar refractivity (Wildman–Crippen MR) is 90.7 cm³/mol. The van der Waals surface area contributed by atoms with Crippen LogP contribution in [-0.2, 0) is 9.53 Å². The fraction of sp³-hybridized carbons (Fsp3) is 0.312. The number of halogens is 2. The molecule has 24 heavy (non-hydrogen) atoms. The Balaban J connectivity index is 2.07. The van der Waals surface area contributed by atoms with Crippen LogP contribution in [0.3, 0.4) is 0 Å². The van der Waals surface area contributed by atoms with Gasteiger partial charge in [-0.3, -0.25) is 4.79 Å². The second-order valence-corrected chi connectivity index (χ2v) is 6.08. The zero-order valence-corrected chi connectivity index (χ0v) is 15.1. The molecule has 0 saturated heterocycles. The van der Waals surface area contributed by atoms with Crippen molar-refractivity contribution >= 4 is 40.9 Å². The molecule has 0 aromatic carbocycles. The molecule has 128 valence electrons. The van der Waals surface area contributed by atoms with E-state index in [1.54, 1.807) is 20.8 Å². The number of carbonyl (C=O) groups excluding carboxylic acids is 2. The Hall–Kier alpha value is -2.05. The number of aromatic nitrogens is 1. The van der Waals surface area contributed by atoms with Crippen LogP contribution >= 0.6 is 23.2 Å². The maximum absolute atomic E-state index is 12.3. The monoisotopic (exact) mass is 370 g/mol.